The number of nitro benzene ring substituents is 1. The van der Waals surface area contributed by atoms with Gasteiger partial charge in [-0.2, -0.15) is 9.78 Å². The van der Waals surface area contributed by atoms with Crippen molar-refractivity contribution in [1.82, 2.24) is 9.78 Å². The van der Waals surface area contributed by atoms with Gasteiger partial charge in [0, 0.05) is 23.4 Å². The van der Waals surface area contributed by atoms with E-state index in [0.29, 0.717) is 27.9 Å². The molecule has 0 bridgehead atoms. The van der Waals surface area contributed by atoms with Crippen LogP contribution in [0.25, 0.3) is 27.9 Å². The minimum Gasteiger partial charge on any atom is -0.772 e. The van der Waals surface area contributed by atoms with E-state index >= 15 is 0 Å². The number of benzene rings is 3. The molecule has 1 heterocycles. The van der Waals surface area contributed by atoms with Crippen LogP contribution in [0.4, 0.5) is 10.1 Å². The van der Waals surface area contributed by atoms with Crippen LogP contribution in [0.2, 0.25) is 0 Å². The minimum absolute atomic E-state index is 0.124. The Morgan fingerprint density at radius 3 is 2.12 bits per heavy atom. The average molecular weight is 464 g/mol. The van der Waals surface area contributed by atoms with E-state index in [4.69, 9.17) is 0 Å². The highest BCUT2D eigenvalue weighted by Crippen LogP contribution is 2.30. The van der Waals surface area contributed by atoms with E-state index in [9.17, 15) is 28.1 Å². The second-order valence-corrected chi connectivity index (χ2v) is 7.97. The zero-order valence-corrected chi connectivity index (χ0v) is 17.7. The first kappa shape index (κ1) is 22.2. The third-order valence-electron chi connectivity index (χ3n) is 4.97. The van der Waals surface area contributed by atoms with E-state index < -0.39 is 27.4 Å². The van der Waals surface area contributed by atoms with Crippen LogP contribution in [0.5, 0.6) is 0 Å². The molecule has 0 aliphatic rings. The molecule has 0 saturated heterocycles. The predicted molar refractivity (Wildman–Crippen MR) is 120 cm³/mol. The first-order valence-corrected chi connectivity index (χ1v) is 10.9. The summed E-state index contributed by atoms with van der Waals surface area (Å²) in [7, 11) is 0. The van der Waals surface area contributed by atoms with Gasteiger partial charge in [0.15, 0.2) is 0 Å². The molecular weight excluding hydrogens is 449 g/mol. The van der Waals surface area contributed by atoms with Crippen molar-refractivity contribution in [2.45, 2.75) is 5.75 Å². The number of halogens is 1. The fourth-order valence-electron chi connectivity index (χ4n) is 3.38. The lowest BCUT2D eigenvalue weighted by atomic mass is 9.96. The number of rotatable bonds is 6. The lowest BCUT2D eigenvalue weighted by Gasteiger charge is -2.13. The topological polar surface area (TPSA) is 118 Å². The fourth-order valence-corrected chi connectivity index (χ4v) is 3.85. The molecule has 0 fully saturated rings. The molecule has 0 saturated carbocycles. The molecule has 8 nitrogen and oxygen atoms in total. The molecule has 0 spiro atoms. The Balaban J connectivity index is 1.87. The zero-order valence-electron chi connectivity index (χ0n) is 16.9. The summed E-state index contributed by atoms with van der Waals surface area (Å²) in [6, 6.07) is 17.4. The Kier molecular flexibility index (Phi) is 6.20. The summed E-state index contributed by atoms with van der Waals surface area (Å²) in [6.07, 6.45) is 1.47. The average Bonchev–Trinajstić information content (AvgIpc) is 2.80. The van der Waals surface area contributed by atoms with Gasteiger partial charge in [0.2, 0.25) is 0 Å². The molecule has 4 rings (SSSR count). The van der Waals surface area contributed by atoms with Crippen LogP contribution in [-0.2, 0) is 16.8 Å². The quantitative estimate of drug-likeness (QED) is 0.242. The third-order valence-corrected chi connectivity index (χ3v) is 5.53. The summed E-state index contributed by atoms with van der Waals surface area (Å²) in [5.41, 5.74) is 2.09. The summed E-state index contributed by atoms with van der Waals surface area (Å²) in [6.45, 7) is 0. The largest absolute Gasteiger partial charge is 0.772 e. The molecule has 1 aromatic heterocycles. The van der Waals surface area contributed by atoms with Crippen LogP contribution in [0, 0.1) is 15.9 Å². The van der Waals surface area contributed by atoms with E-state index in [1.807, 2.05) is 0 Å². The molecule has 0 aliphatic heterocycles. The number of aromatic nitrogens is 2. The maximum Gasteiger partial charge on any atom is 0.279 e. The predicted octanol–water partition coefficient (Wildman–Crippen LogP) is 3.99. The van der Waals surface area contributed by atoms with Crippen molar-refractivity contribution in [3.05, 3.63) is 111 Å². The van der Waals surface area contributed by atoms with E-state index in [1.54, 1.807) is 24.3 Å². The number of nitro groups is 1. The number of non-ortho nitro benzene ring substituents is 1. The molecule has 0 N–H and O–H groups in total. The molecule has 4 aromatic rings. The van der Waals surface area contributed by atoms with Crippen molar-refractivity contribution in [1.29, 1.82) is 0 Å². The molecule has 10 heteroatoms. The van der Waals surface area contributed by atoms with Gasteiger partial charge in [-0.05, 0) is 41.0 Å². The third kappa shape index (κ3) is 4.76. The number of hydrogen-bond donors (Lipinski definition) is 0. The van der Waals surface area contributed by atoms with Gasteiger partial charge in [-0.3, -0.25) is 19.1 Å². The van der Waals surface area contributed by atoms with E-state index in [-0.39, 0.29) is 17.0 Å². The molecule has 166 valence electrons. The lowest BCUT2D eigenvalue weighted by Crippen LogP contribution is -2.23. The van der Waals surface area contributed by atoms with Gasteiger partial charge in [0.1, 0.15) is 5.82 Å². The molecule has 1 unspecified atom stereocenters. The first-order chi connectivity index (χ1) is 15.8. The molecule has 0 amide bonds. The van der Waals surface area contributed by atoms with Crippen LogP contribution < -0.4 is 5.56 Å². The Hall–Kier alpha value is -4.02. The summed E-state index contributed by atoms with van der Waals surface area (Å²) in [5, 5.41) is 15.2. The maximum absolute atomic E-state index is 13.5. The van der Waals surface area contributed by atoms with Crippen molar-refractivity contribution >= 4 is 16.8 Å². The fraction of sp³-hybridized carbons (Fsp3) is 0.0435. The van der Waals surface area contributed by atoms with E-state index in [0.717, 1.165) is 4.68 Å². The standard InChI is InChI=1S/C23H16FN3O5S/c24-18-7-5-17(6-8-18)22-21(16-3-1-15(2-4-16)14-33(31)32)13-25-26(23(22)28)19-9-11-20(12-10-19)27(29)30/h1-13H,14H2,(H,31,32)/p-1. The molecule has 33 heavy (non-hydrogen) atoms. The first-order valence-electron chi connectivity index (χ1n) is 9.62. The molecule has 3 aromatic carbocycles. The van der Waals surface area contributed by atoms with Crippen molar-refractivity contribution in [3.8, 4) is 27.9 Å². The molecule has 1 atom stereocenters. The van der Waals surface area contributed by atoms with Gasteiger partial charge in [-0.15, -0.1) is 0 Å². The summed E-state index contributed by atoms with van der Waals surface area (Å²) >= 11 is -2.23. The van der Waals surface area contributed by atoms with Gasteiger partial charge in [-0.25, -0.2) is 4.39 Å². The smallest absolute Gasteiger partial charge is 0.279 e. The van der Waals surface area contributed by atoms with Crippen molar-refractivity contribution in [2.24, 2.45) is 0 Å². The summed E-state index contributed by atoms with van der Waals surface area (Å²) < 4.78 is 36.5. The van der Waals surface area contributed by atoms with Gasteiger partial charge >= 0.3 is 0 Å². The van der Waals surface area contributed by atoms with Crippen LogP contribution in [0.15, 0.2) is 83.8 Å². The second kappa shape index (κ2) is 9.23. The van der Waals surface area contributed by atoms with Crippen LogP contribution in [-0.4, -0.2) is 23.5 Å². The lowest BCUT2D eigenvalue weighted by molar-refractivity contribution is -0.384. The van der Waals surface area contributed by atoms with E-state index in [2.05, 4.69) is 5.10 Å². The number of nitrogens with zero attached hydrogens (tertiary/aromatic N) is 3. The van der Waals surface area contributed by atoms with Gasteiger partial charge in [0.05, 0.1) is 22.4 Å². The maximum atomic E-state index is 13.5. The summed E-state index contributed by atoms with van der Waals surface area (Å²) in [5.74, 6) is -0.592. The van der Waals surface area contributed by atoms with Gasteiger partial charge in [-0.1, -0.05) is 47.5 Å². The second-order valence-electron chi connectivity index (χ2n) is 7.08. The number of hydrogen-bond acceptors (Lipinski definition) is 6. The van der Waals surface area contributed by atoms with E-state index in [1.165, 1.54) is 54.7 Å². The van der Waals surface area contributed by atoms with Gasteiger partial charge in [0.25, 0.3) is 11.2 Å². The Labute approximate surface area is 189 Å². The van der Waals surface area contributed by atoms with Crippen LogP contribution in [0.1, 0.15) is 5.56 Å². The highest BCUT2D eigenvalue weighted by atomic mass is 32.2. The Morgan fingerprint density at radius 2 is 1.55 bits per heavy atom. The van der Waals surface area contributed by atoms with Gasteiger partial charge < -0.3 is 4.55 Å². The normalized spacial score (nSPS) is 11.8. The van der Waals surface area contributed by atoms with Crippen LogP contribution >= 0.6 is 0 Å². The zero-order chi connectivity index (χ0) is 23.5. The highest BCUT2D eigenvalue weighted by Gasteiger charge is 2.17. The SMILES string of the molecule is O=c1c(-c2ccc(F)cc2)c(-c2ccc(CS(=O)[O-])cc2)cnn1-c1ccc([N+](=O)[O-])cc1. The minimum atomic E-state index is -2.23. The molecule has 0 radical (unpaired) electrons. The summed E-state index contributed by atoms with van der Waals surface area (Å²) in [4.78, 5) is 23.9. The highest BCUT2D eigenvalue weighted by molar-refractivity contribution is 7.78. The van der Waals surface area contributed by atoms with Crippen molar-refractivity contribution < 1.29 is 18.1 Å². The van der Waals surface area contributed by atoms with Crippen LogP contribution in [0.3, 0.4) is 0 Å². The van der Waals surface area contributed by atoms with Crippen molar-refractivity contribution in [3.63, 3.8) is 0 Å². The Morgan fingerprint density at radius 1 is 0.939 bits per heavy atom. The Bertz CT molecular complexity index is 1400. The van der Waals surface area contributed by atoms with Crippen molar-refractivity contribution in [2.75, 3.05) is 0 Å². The monoisotopic (exact) mass is 464 g/mol. The molecule has 0 aliphatic carbocycles. The molecular formula is C23H15FN3O5S-.